The number of anilines is 1. The number of cyclic esters (lactones) is 1. The molecule has 2 fully saturated rings. The normalized spacial score (nSPS) is 29.2. The topological polar surface area (TPSA) is 58.6 Å². The maximum atomic E-state index is 13.8. The average Bonchev–Trinajstić information content (AvgIpc) is 3.06. The molecule has 3 heterocycles. The summed E-state index contributed by atoms with van der Waals surface area (Å²) < 4.78 is 18.8. The zero-order valence-electron chi connectivity index (χ0n) is 12.0. The Hall–Kier alpha value is -1.76. The smallest absolute Gasteiger partial charge is 0.323 e. The summed E-state index contributed by atoms with van der Waals surface area (Å²) in [5.74, 6) is 0.503. The first-order valence-electron chi connectivity index (χ1n) is 7.20. The van der Waals surface area contributed by atoms with E-state index >= 15 is 0 Å². The molecule has 3 atom stereocenters. The van der Waals surface area contributed by atoms with Crippen LogP contribution in [0.4, 0.5) is 10.2 Å². The Balaban J connectivity index is 1.69. The van der Waals surface area contributed by atoms with Crippen molar-refractivity contribution in [3.05, 3.63) is 18.3 Å². The van der Waals surface area contributed by atoms with Crippen LogP contribution in [0.1, 0.15) is 12.8 Å². The molecule has 1 aromatic heterocycles. The number of nitrogens with zero attached hydrogens (tertiary/aromatic N) is 4. The molecular weight excluding hydrogens is 275 g/mol. The Morgan fingerprint density at radius 3 is 3.10 bits per heavy atom. The van der Waals surface area contributed by atoms with Gasteiger partial charge in [0.05, 0.1) is 13.2 Å². The first-order chi connectivity index (χ1) is 10.1. The van der Waals surface area contributed by atoms with Gasteiger partial charge >= 0.3 is 5.97 Å². The van der Waals surface area contributed by atoms with E-state index in [2.05, 4.69) is 10.2 Å². The summed E-state index contributed by atoms with van der Waals surface area (Å²) in [6.07, 6.45) is 1.87. The number of hydrogen-bond donors (Lipinski definition) is 0. The monoisotopic (exact) mass is 294 g/mol. The van der Waals surface area contributed by atoms with Gasteiger partial charge in [-0.25, -0.2) is 4.39 Å². The van der Waals surface area contributed by atoms with Crippen molar-refractivity contribution < 1.29 is 13.9 Å². The second-order valence-corrected chi connectivity index (χ2v) is 5.63. The lowest BCUT2D eigenvalue weighted by Crippen LogP contribution is -2.44. The zero-order chi connectivity index (χ0) is 14.8. The number of esters is 1. The van der Waals surface area contributed by atoms with Crippen LogP contribution in [0.25, 0.3) is 0 Å². The van der Waals surface area contributed by atoms with Crippen LogP contribution >= 0.6 is 0 Å². The van der Waals surface area contributed by atoms with E-state index in [0.29, 0.717) is 38.4 Å². The molecular formula is C14H19FN4O2. The third-order valence-corrected chi connectivity index (χ3v) is 4.15. The van der Waals surface area contributed by atoms with Crippen LogP contribution in [0.3, 0.4) is 0 Å². The minimum absolute atomic E-state index is 0.00454. The maximum Gasteiger partial charge on any atom is 0.323 e. The van der Waals surface area contributed by atoms with Gasteiger partial charge in [0.15, 0.2) is 5.82 Å². The number of carbonyl (C=O) groups is 1. The van der Waals surface area contributed by atoms with Crippen molar-refractivity contribution in [3.8, 4) is 0 Å². The Labute approximate surface area is 122 Å². The molecule has 2 aliphatic heterocycles. The molecule has 0 bridgehead atoms. The summed E-state index contributed by atoms with van der Waals surface area (Å²) in [6, 6.07) is 3.41. The van der Waals surface area contributed by atoms with Crippen molar-refractivity contribution in [2.24, 2.45) is 0 Å². The number of alkyl halides is 1. The summed E-state index contributed by atoms with van der Waals surface area (Å²) in [5, 5.41) is 7.92. The molecule has 6 nitrogen and oxygen atoms in total. The lowest BCUT2D eigenvalue weighted by Gasteiger charge is -2.30. The largest absolute Gasteiger partial charge is 0.464 e. The van der Waals surface area contributed by atoms with Gasteiger partial charge in [0.25, 0.3) is 0 Å². The van der Waals surface area contributed by atoms with Crippen LogP contribution in [0, 0.1) is 0 Å². The second kappa shape index (κ2) is 5.93. The molecule has 114 valence electrons. The van der Waals surface area contributed by atoms with E-state index in [-0.39, 0.29) is 18.1 Å². The van der Waals surface area contributed by atoms with Crippen LogP contribution in [0.5, 0.6) is 0 Å². The summed E-state index contributed by atoms with van der Waals surface area (Å²) in [4.78, 5) is 15.5. The third kappa shape index (κ3) is 2.97. The lowest BCUT2D eigenvalue weighted by molar-refractivity contribution is -0.142. The molecule has 3 rings (SSSR count). The number of hydrogen-bond acceptors (Lipinski definition) is 6. The van der Waals surface area contributed by atoms with Gasteiger partial charge in [-0.2, -0.15) is 5.10 Å². The van der Waals surface area contributed by atoms with Gasteiger partial charge in [-0.05, 0) is 19.2 Å². The van der Waals surface area contributed by atoms with Crippen LogP contribution in [0.15, 0.2) is 18.3 Å². The van der Waals surface area contributed by atoms with Crippen molar-refractivity contribution >= 4 is 11.8 Å². The van der Waals surface area contributed by atoms with Crippen LogP contribution in [-0.4, -0.2) is 66.1 Å². The maximum absolute atomic E-state index is 13.8. The summed E-state index contributed by atoms with van der Waals surface area (Å²) in [5.41, 5.74) is 0. The van der Waals surface area contributed by atoms with Crippen LogP contribution in [-0.2, 0) is 9.53 Å². The lowest BCUT2D eigenvalue weighted by atomic mass is 10.1. The highest BCUT2D eigenvalue weighted by Gasteiger charge is 2.37. The van der Waals surface area contributed by atoms with Gasteiger partial charge in [0, 0.05) is 31.6 Å². The molecule has 0 N–H and O–H groups in total. The van der Waals surface area contributed by atoms with Gasteiger partial charge in [-0.15, -0.1) is 5.10 Å². The van der Waals surface area contributed by atoms with Gasteiger partial charge in [-0.1, -0.05) is 0 Å². The highest BCUT2D eigenvalue weighted by molar-refractivity contribution is 5.77. The van der Waals surface area contributed by atoms with E-state index in [1.165, 1.54) is 0 Å². The van der Waals surface area contributed by atoms with E-state index < -0.39 is 6.17 Å². The highest BCUT2D eigenvalue weighted by atomic mass is 19.1. The predicted octanol–water partition coefficient (Wildman–Crippen LogP) is 0.641. The van der Waals surface area contributed by atoms with Gasteiger partial charge in [0.1, 0.15) is 12.2 Å². The molecule has 0 aliphatic carbocycles. The molecule has 2 saturated heterocycles. The molecule has 7 heteroatoms. The number of aromatic nitrogens is 2. The van der Waals surface area contributed by atoms with Crippen molar-refractivity contribution in [1.82, 2.24) is 15.1 Å². The average molecular weight is 294 g/mol. The molecule has 0 unspecified atom stereocenters. The van der Waals surface area contributed by atoms with E-state index in [0.717, 1.165) is 0 Å². The minimum atomic E-state index is -0.874. The van der Waals surface area contributed by atoms with Crippen molar-refractivity contribution in [2.45, 2.75) is 31.1 Å². The second-order valence-electron chi connectivity index (χ2n) is 5.63. The molecule has 21 heavy (non-hydrogen) atoms. The summed E-state index contributed by atoms with van der Waals surface area (Å²) in [7, 11) is 1.89. The highest BCUT2D eigenvalue weighted by Crippen LogP contribution is 2.26. The van der Waals surface area contributed by atoms with E-state index in [1.54, 1.807) is 12.3 Å². The fourth-order valence-electron chi connectivity index (χ4n) is 3.10. The number of ether oxygens (including phenoxy) is 1. The van der Waals surface area contributed by atoms with Crippen molar-refractivity contribution in [2.75, 3.05) is 31.6 Å². The molecule has 0 radical (unpaired) electrons. The minimum Gasteiger partial charge on any atom is -0.464 e. The van der Waals surface area contributed by atoms with E-state index in [1.807, 2.05) is 22.9 Å². The molecule has 0 amide bonds. The number of rotatable bonds is 4. The first-order valence-corrected chi connectivity index (χ1v) is 7.20. The number of halogens is 1. The van der Waals surface area contributed by atoms with E-state index in [4.69, 9.17) is 4.74 Å². The van der Waals surface area contributed by atoms with Crippen LogP contribution in [0.2, 0.25) is 0 Å². The summed E-state index contributed by atoms with van der Waals surface area (Å²) >= 11 is 0. The Bertz CT molecular complexity index is 501. The van der Waals surface area contributed by atoms with Gasteiger partial charge in [0.2, 0.25) is 0 Å². The SMILES string of the molecule is CN(C[C@@H]1C[C@H](F)CN1c1cccnn1)[C@H]1CCOC1=O. The number of carbonyl (C=O) groups excluding carboxylic acids is 1. The van der Waals surface area contributed by atoms with E-state index in [9.17, 15) is 9.18 Å². The van der Waals surface area contributed by atoms with Crippen LogP contribution < -0.4 is 4.90 Å². The third-order valence-electron chi connectivity index (χ3n) is 4.15. The first kappa shape index (κ1) is 14.2. The Morgan fingerprint density at radius 1 is 1.57 bits per heavy atom. The fraction of sp³-hybridized carbons (Fsp3) is 0.643. The molecule has 1 aromatic rings. The fourth-order valence-corrected chi connectivity index (χ4v) is 3.10. The van der Waals surface area contributed by atoms with Gasteiger partial charge < -0.3 is 9.64 Å². The predicted molar refractivity (Wildman–Crippen MR) is 74.7 cm³/mol. The Kier molecular flexibility index (Phi) is 4.01. The molecule has 0 spiro atoms. The summed E-state index contributed by atoms with van der Waals surface area (Å²) in [6.45, 7) is 1.40. The van der Waals surface area contributed by atoms with Crippen molar-refractivity contribution in [3.63, 3.8) is 0 Å². The zero-order valence-corrected chi connectivity index (χ0v) is 12.0. The Morgan fingerprint density at radius 2 is 2.43 bits per heavy atom. The standard InChI is InChI=1S/C14H19FN4O2/c1-18(12-4-6-21-14(12)20)9-11-7-10(15)8-19(11)13-3-2-5-16-17-13/h2-3,5,10-12H,4,6-9H2,1H3/t10-,11-,12-/m0/s1. The van der Waals surface area contributed by atoms with Gasteiger partial charge in [-0.3, -0.25) is 9.69 Å². The van der Waals surface area contributed by atoms with Crippen molar-refractivity contribution in [1.29, 1.82) is 0 Å². The molecule has 0 aromatic carbocycles. The number of likely N-dealkylation sites (N-methyl/N-ethyl adjacent to an activating group) is 1. The molecule has 2 aliphatic rings. The quantitative estimate of drug-likeness (QED) is 0.760. The molecule has 0 saturated carbocycles.